The van der Waals surface area contributed by atoms with Gasteiger partial charge >= 0.3 is 6.03 Å². The van der Waals surface area contributed by atoms with E-state index in [0.29, 0.717) is 11.6 Å². The Morgan fingerprint density at radius 3 is 2.80 bits per heavy atom. The molecule has 2 amide bonds. The second-order valence-electron chi connectivity index (χ2n) is 6.58. The smallest absolute Gasteiger partial charge is 0.322 e. The molecule has 3 rings (SSSR count). The van der Waals surface area contributed by atoms with Crippen molar-refractivity contribution in [3.63, 3.8) is 0 Å². The van der Waals surface area contributed by atoms with Gasteiger partial charge in [-0.25, -0.2) is 9.18 Å². The fourth-order valence-electron chi connectivity index (χ4n) is 3.29. The van der Waals surface area contributed by atoms with Gasteiger partial charge in [0, 0.05) is 12.7 Å². The van der Waals surface area contributed by atoms with E-state index in [-0.39, 0.29) is 18.0 Å². The lowest BCUT2D eigenvalue weighted by Crippen LogP contribution is -2.53. The Morgan fingerprint density at radius 1 is 1.24 bits per heavy atom. The Hall–Kier alpha value is -2.40. The molecule has 0 aromatic heterocycles. The van der Waals surface area contributed by atoms with Crippen LogP contribution in [-0.2, 0) is 6.42 Å². The van der Waals surface area contributed by atoms with E-state index in [1.807, 2.05) is 6.07 Å². The van der Waals surface area contributed by atoms with Crippen LogP contribution in [0.25, 0.3) is 0 Å². The molecule has 132 valence electrons. The summed E-state index contributed by atoms with van der Waals surface area (Å²) < 4.78 is 13.3. The molecule has 0 saturated carbocycles. The molecule has 1 aliphatic heterocycles. The number of hydrogen-bond donors (Lipinski definition) is 2. The number of anilines is 1. The second kappa shape index (κ2) is 8.12. The van der Waals surface area contributed by atoms with Crippen LogP contribution in [0.4, 0.5) is 14.9 Å². The van der Waals surface area contributed by atoms with Crippen LogP contribution in [0.2, 0.25) is 0 Å². The molecule has 25 heavy (non-hydrogen) atoms. The number of piperidine rings is 1. The van der Waals surface area contributed by atoms with Crippen molar-refractivity contribution in [2.45, 2.75) is 25.4 Å². The first-order valence-corrected chi connectivity index (χ1v) is 8.69. The molecule has 1 fully saturated rings. The molecule has 5 heteroatoms. The second-order valence-corrected chi connectivity index (χ2v) is 6.58. The molecule has 1 aliphatic rings. The highest BCUT2D eigenvalue weighted by Crippen LogP contribution is 2.21. The van der Waals surface area contributed by atoms with Gasteiger partial charge in [-0.2, -0.15) is 0 Å². The molecule has 4 nitrogen and oxygen atoms in total. The number of carbonyl (C=O) groups is 1. The molecule has 0 spiro atoms. The Labute approximate surface area is 148 Å². The summed E-state index contributed by atoms with van der Waals surface area (Å²) in [6.07, 6.45) is 2.94. The quantitative estimate of drug-likeness (QED) is 0.893. The van der Waals surface area contributed by atoms with Crippen molar-refractivity contribution in [1.29, 1.82) is 0 Å². The van der Waals surface area contributed by atoms with E-state index in [0.717, 1.165) is 25.8 Å². The minimum atomic E-state index is -0.351. The van der Waals surface area contributed by atoms with Gasteiger partial charge in [0.25, 0.3) is 0 Å². The molecule has 2 N–H and O–H groups in total. The zero-order chi connectivity index (χ0) is 17.6. The summed E-state index contributed by atoms with van der Waals surface area (Å²) in [5.74, 6) is 0.185. The largest absolute Gasteiger partial charge is 0.322 e. The van der Waals surface area contributed by atoms with E-state index < -0.39 is 0 Å². The molecular weight excluding hydrogens is 317 g/mol. The van der Waals surface area contributed by atoms with Gasteiger partial charge in [0.15, 0.2) is 0 Å². The standard InChI is InChI=1S/C20H24FN3O/c1-24(18-9-5-8-17(21)14-18)20(25)23-19-13-16(10-11-22-19)12-15-6-3-2-4-7-15/h2-9,14,16,19,22H,10-13H2,1H3,(H,23,25)/t16-,19-/m1/s1. The van der Waals surface area contributed by atoms with Crippen molar-refractivity contribution in [2.75, 3.05) is 18.5 Å². The van der Waals surface area contributed by atoms with E-state index in [9.17, 15) is 9.18 Å². The highest BCUT2D eigenvalue weighted by Gasteiger charge is 2.24. The van der Waals surface area contributed by atoms with Crippen molar-refractivity contribution in [3.8, 4) is 0 Å². The molecule has 2 atom stereocenters. The van der Waals surface area contributed by atoms with Crippen LogP contribution < -0.4 is 15.5 Å². The van der Waals surface area contributed by atoms with Crippen molar-refractivity contribution in [1.82, 2.24) is 10.6 Å². The zero-order valence-electron chi connectivity index (χ0n) is 14.4. The van der Waals surface area contributed by atoms with Gasteiger partial charge in [0.1, 0.15) is 5.82 Å². The van der Waals surface area contributed by atoms with Crippen LogP contribution in [-0.4, -0.2) is 25.8 Å². The molecule has 1 saturated heterocycles. The zero-order valence-corrected chi connectivity index (χ0v) is 14.4. The van der Waals surface area contributed by atoms with Crippen LogP contribution in [0.15, 0.2) is 54.6 Å². The van der Waals surface area contributed by atoms with E-state index in [4.69, 9.17) is 0 Å². The van der Waals surface area contributed by atoms with E-state index in [2.05, 4.69) is 34.9 Å². The third-order valence-electron chi connectivity index (χ3n) is 4.68. The van der Waals surface area contributed by atoms with E-state index in [1.54, 1.807) is 19.2 Å². The third kappa shape index (κ3) is 4.79. The fourth-order valence-corrected chi connectivity index (χ4v) is 3.29. The lowest BCUT2D eigenvalue weighted by Gasteiger charge is -2.32. The summed E-state index contributed by atoms with van der Waals surface area (Å²) in [5, 5.41) is 6.36. The third-order valence-corrected chi connectivity index (χ3v) is 4.68. The molecular formula is C20H24FN3O. The fraction of sp³-hybridized carbons (Fsp3) is 0.350. The first kappa shape index (κ1) is 17.4. The van der Waals surface area contributed by atoms with Crippen molar-refractivity contribution < 1.29 is 9.18 Å². The highest BCUT2D eigenvalue weighted by molar-refractivity contribution is 5.91. The number of urea groups is 1. The lowest BCUT2D eigenvalue weighted by molar-refractivity contribution is 0.226. The molecule has 0 radical (unpaired) electrons. The summed E-state index contributed by atoms with van der Waals surface area (Å²) in [6.45, 7) is 0.881. The Kier molecular flexibility index (Phi) is 5.66. The number of halogens is 1. The lowest BCUT2D eigenvalue weighted by atomic mass is 9.89. The normalized spacial score (nSPS) is 20.1. The van der Waals surface area contributed by atoms with Gasteiger partial charge in [-0.15, -0.1) is 0 Å². The number of amides is 2. The Balaban J connectivity index is 1.56. The maximum Gasteiger partial charge on any atom is 0.322 e. The molecule has 1 heterocycles. The Bertz CT molecular complexity index is 707. The number of nitrogens with one attached hydrogen (secondary N) is 2. The van der Waals surface area contributed by atoms with Gasteiger partial charge in [-0.05, 0) is 55.5 Å². The number of nitrogens with zero attached hydrogens (tertiary/aromatic N) is 1. The molecule has 2 aromatic carbocycles. The number of benzene rings is 2. The van der Waals surface area contributed by atoms with Crippen LogP contribution in [0, 0.1) is 11.7 Å². The van der Waals surface area contributed by atoms with Gasteiger partial charge in [-0.1, -0.05) is 36.4 Å². The van der Waals surface area contributed by atoms with Crippen LogP contribution in [0.3, 0.4) is 0 Å². The topological polar surface area (TPSA) is 44.4 Å². The maximum absolute atomic E-state index is 13.3. The monoisotopic (exact) mass is 341 g/mol. The summed E-state index contributed by atoms with van der Waals surface area (Å²) in [5.41, 5.74) is 1.87. The van der Waals surface area contributed by atoms with E-state index in [1.165, 1.54) is 22.6 Å². The first-order valence-electron chi connectivity index (χ1n) is 8.69. The first-order chi connectivity index (χ1) is 12.1. The van der Waals surface area contributed by atoms with Crippen molar-refractivity contribution >= 4 is 11.7 Å². The minimum absolute atomic E-state index is 0.0639. The van der Waals surface area contributed by atoms with Crippen LogP contribution in [0.5, 0.6) is 0 Å². The molecule has 0 bridgehead atoms. The molecule has 0 unspecified atom stereocenters. The average Bonchev–Trinajstić information content (AvgIpc) is 2.62. The maximum atomic E-state index is 13.3. The average molecular weight is 341 g/mol. The van der Waals surface area contributed by atoms with Crippen molar-refractivity contribution in [3.05, 3.63) is 66.0 Å². The number of hydrogen-bond acceptors (Lipinski definition) is 2. The van der Waals surface area contributed by atoms with E-state index >= 15 is 0 Å². The molecule has 0 aliphatic carbocycles. The predicted molar refractivity (Wildman–Crippen MR) is 98.0 cm³/mol. The van der Waals surface area contributed by atoms with Gasteiger partial charge in [0.05, 0.1) is 6.17 Å². The Morgan fingerprint density at radius 2 is 2.04 bits per heavy atom. The molecule has 2 aromatic rings. The van der Waals surface area contributed by atoms with Crippen LogP contribution in [0.1, 0.15) is 18.4 Å². The SMILES string of the molecule is CN(C(=O)N[C@@H]1C[C@@H](Cc2ccccc2)CCN1)c1cccc(F)c1. The summed E-state index contributed by atoms with van der Waals surface area (Å²) in [7, 11) is 1.65. The minimum Gasteiger partial charge on any atom is -0.322 e. The predicted octanol–water partition coefficient (Wildman–Crippen LogP) is 3.54. The van der Waals surface area contributed by atoms with Crippen molar-refractivity contribution in [2.24, 2.45) is 5.92 Å². The number of carbonyl (C=O) groups excluding carboxylic acids is 1. The highest BCUT2D eigenvalue weighted by atomic mass is 19.1. The summed E-state index contributed by atoms with van der Waals surface area (Å²) in [4.78, 5) is 13.9. The summed E-state index contributed by atoms with van der Waals surface area (Å²) in [6, 6.07) is 16.2. The van der Waals surface area contributed by atoms with Gasteiger partial charge in [-0.3, -0.25) is 10.2 Å². The number of rotatable bonds is 4. The van der Waals surface area contributed by atoms with Gasteiger partial charge < -0.3 is 5.32 Å². The summed E-state index contributed by atoms with van der Waals surface area (Å²) >= 11 is 0. The van der Waals surface area contributed by atoms with Crippen LogP contribution >= 0.6 is 0 Å². The van der Waals surface area contributed by atoms with Gasteiger partial charge in [0.2, 0.25) is 0 Å².